The highest BCUT2D eigenvalue weighted by Crippen LogP contribution is 2.36. The molecule has 2 aromatic heterocycles. The van der Waals surface area contributed by atoms with Gasteiger partial charge in [-0.2, -0.15) is 0 Å². The van der Waals surface area contributed by atoms with Crippen molar-refractivity contribution in [3.8, 4) is 22.0 Å². The van der Waals surface area contributed by atoms with Crippen LogP contribution in [0.15, 0.2) is 41.9 Å². The van der Waals surface area contributed by atoms with Crippen molar-refractivity contribution in [3.05, 3.63) is 47.5 Å². The zero-order chi connectivity index (χ0) is 22.1. The summed E-state index contributed by atoms with van der Waals surface area (Å²) in [6.07, 6.45) is 3.17. The van der Waals surface area contributed by atoms with Gasteiger partial charge in [-0.1, -0.05) is 18.2 Å². The fourth-order valence-electron chi connectivity index (χ4n) is 4.12. The van der Waals surface area contributed by atoms with Crippen molar-refractivity contribution in [2.75, 3.05) is 38.7 Å². The minimum absolute atomic E-state index is 0.264. The molecule has 9 heteroatoms. The number of thiazole rings is 1. The Morgan fingerprint density at radius 3 is 3.00 bits per heavy atom. The maximum absolute atomic E-state index is 12.5. The lowest BCUT2D eigenvalue weighted by molar-refractivity contribution is -0.143. The molecule has 0 spiro atoms. The third-order valence-corrected chi connectivity index (χ3v) is 6.98. The van der Waals surface area contributed by atoms with Crippen molar-refractivity contribution in [1.29, 1.82) is 0 Å². The van der Waals surface area contributed by atoms with Crippen LogP contribution >= 0.6 is 11.3 Å². The number of anilines is 1. The Balaban J connectivity index is 1.35. The standard InChI is InChI=1S/C23H25N5O3S/c1-28-9-7-23(30,21(28)29)17-4-2-3-16(11-17)20-26-19(14-32-20)18-5-8-24-22(27-18)25-12-15-6-10-31-13-15/h2-5,8,11,14-15,30H,6-7,9-10,12-13H2,1H3,(H,24,25,27)/t15-,23-/m1/s1. The van der Waals surface area contributed by atoms with Crippen LogP contribution in [0.1, 0.15) is 18.4 Å². The molecule has 0 bridgehead atoms. The van der Waals surface area contributed by atoms with E-state index in [2.05, 4.69) is 15.3 Å². The van der Waals surface area contributed by atoms with E-state index in [4.69, 9.17) is 9.72 Å². The van der Waals surface area contributed by atoms with Crippen LogP contribution in [0.5, 0.6) is 0 Å². The first kappa shape index (κ1) is 21.0. The second-order valence-corrected chi connectivity index (χ2v) is 9.19. The molecule has 3 aromatic rings. The predicted octanol–water partition coefficient (Wildman–Crippen LogP) is 2.77. The molecule has 8 nitrogen and oxygen atoms in total. The Labute approximate surface area is 190 Å². The van der Waals surface area contributed by atoms with Gasteiger partial charge in [-0.05, 0) is 24.1 Å². The molecule has 2 saturated heterocycles. The van der Waals surface area contributed by atoms with Crippen molar-refractivity contribution < 1.29 is 14.6 Å². The van der Waals surface area contributed by atoms with Crippen LogP contribution in [0.3, 0.4) is 0 Å². The summed E-state index contributed by atoms with van der Waals surface area (Å²) in [5, 5.41) is 17.0. The highest BCUT2D eigenvalue weighted by atomic mass is 32.1. The molecule has 4 heterocycles. The molecule has 0 saturated carbocycles. The van der Waals surface area contributed by atoms with E-state index >= 15 is 0 Å². The number of hydrogen-bond donors (Lipinski definition) is 2. The quantitative estimate of drug-likeness (QED) is 0.594. The monoisotopic (exact) mass is 451 g/mol. The van der Waals surface area contributed by atoms with E-state index in [1.807, 2.05) is 29.6 Å². The van der Waals surface area contributed by atoms with E-state index in [1.165, 1.54) is 11.3 Å². The topological polar surface area (TPSA) is 100 Å². The normalized spacial score (nSPS) is 23.1. The number of benzene rings is 1. The molecule has 1 aromatic carbocycles. The van der Waals surface area contributed by atoms with Gasteiger partial charge in [0.1, 0.15) is 10.7 Å². The van der Waals surface area contributed by atoms with E-state index in [1.54, 1.807) is 24.2 Å². The number of rotatable bonds is 6. The fourth-order valence-corrected chi connectivity index (χ4v) is 4.93. The molecular formula is C23H25N5O3S. The van der Waals surface area contributed by atoms with E-state index < -0.39 is 5.60 Å². The van der Waals surface area contributed by atoms with Gasteiger partial charge in [0.2, 0.25) is 5.95 Å². The molecule has 32 heavy (non-hydrogen) atoms. The molecule has 2 N–H and O–H groups in total. The first-order chi connectivity index (χ1) is 15.5. The summed E-state index contributed by atoms with van der Waals surface area (Å²) in [5.74, 6) is 0.804. The number of aromatic nitrogens is 3. The maximum Gasteiger partial charge on any atom is 0.258 e. The third-order valence-electron chi connectivity index (χ3n) is 6.09. The van der Waals surface area contributed by atoms with Crippen molar-refractivity contribution in [2.45, 2.75) is 18.4 Å². The number of nitrogens with zero attached hydrogens (tertiary/aromatic N) is 4. The lowest BCUT2D eigenvalue weighted by Gasteiger charge is -2.21. The van der Waals surface area contributed by atoms with Crippen LogP contribution in [0.4, 0.5) is 5.95 Å². The summed E-state index contributed by atoms with van der Waals surface area (Å²) in [4.78, 5) is 27.7. The molecule has 0 unspecified atom stereocenters. The second kappa shape index (κ2) is 8.57. The van der Waals surface area contributed by atoms with Crippen LogP contribution in [0.2, 0.25) is 0 Å². The highest BCUT2D eigenvalue weighted by Gasteiger charge is 2.45. The smallest absolute Gasteiger partial charge is 0.258 e. The largest absolute Gasteiger partial charge is 0.381 e. The zero-order valence-electron chi connectivity index (χ0n) is 17.8. The number of carbonyl (C=O) groups excluding carboxylic acids is 1. The Morgan fingerprint density at radius 1 is 1.31 bits per heavy atom. The van der Waals surface area contributed by atoms with E-state index in [9.17, 15) is 9.90 Å². The van der Waals surface area contributed by atoms with Gasteiger partial charge in [0.15, 0.2) is 5.60 Å². The van der Waals surface area contributed by atoms with Gasteiger partial charge in [-0.25, -0.2) is 15.0 Å². The molecular weight excluding hydrogens is 426 g/mol. The number of aliphatic hydroxyl groups is 1. The van der Waals surface area contributed by atoms with Gasteiger partial charge < -0.3 is 20.1 Å². The summed E-state index contributed by atoms with van der Waals surface area (Å²) in [7, 11) is 1.71. The second-order valence-electron chi connectivity index (χ2n) is 8.33. The molecule has 1 amide bonds. The molecule has 0 aliphatic carbocycles. The van der Waals surface area contributed by atoms with Crippen LogP contribution in [-0.2, 0) is 15.1 Å². The molecule has 5 rings (SSSR count). The predicted molar refractivity (Wildman–Crippen MR) is 122 cm³/mol. The number of hydrogen-bond acceptors (Lipinski definition) is 8. The van der Waals surface area contributed by atoms with Gasteiger partial charge in [-0.3, -0.25) is 4.79 Å². The van der Waals surface area contributed by atoms with Gasteiger partial charge in [0.05, 0.1) is 12.3 Å². The van der Waals surface area contributed by atoms with Gasteiger partial charge in [0.25, 0.3) is 5.91 Å². The van der Waals surface area contributed by atoms with Crippen LogP contribution in [0.25, 0.3) is 22.0 Å². The van der Waals surface area contributed by atoms with Crippen molar-refractivity contribution in [2.24, 2.45) is 5.92 Å². The highest BCUT2D eigenvalue weighted by molar-refractivity contribution is 7.13. The minimum atomic E-state index is -1.47. The zero-order valence-corrected chi connectivity index (χ0v) is 18.6. The van der Waals surface area contributed by atoms with E-state index in [0.29, 0.717) is 30.4 Å². The number of amides is 1. The fraction of sp³-hybridized carbons (Fsp3) is 0.391. The molecule has 166 valence electrons. The summed E-state index contributed by atoms with van der Waals surface area (Å²) >= 11 is 1.50. The van der Waals surface area contributed by atoms with E-state index in [-0.39, 0.29) is 5.91 Å². The summed E-state index contributed by atoms with van der Waals surface area (Å²) in [6.45, 7) is 2.92. The van der Waals surface area contributed by atoms with Crippen LogP contribution < -0.4 is 5.32 Å². The summed E-state index contributed by atoms with van der Waals surface area (Å²) in [5.41, 5.74) is 1.51. The molecule has 0 radical (unpaired) electrons. The van der Waals surface area contributed by atoms with Crippen LogP contribution in [0, 0.1) is 5.92 Å². The number of carbonyl (C=O) groups is 1. The minimum Gasteiger partial charge on any atom is -0.381 e. The number of ether oxygens (including phenoxy) is 1. The van der Waals surface area contributed by atoms with Gasteiger partial charge >= 0.3 is 0 Å². The Morgan fingerprint density at radius 2 is 2.22 bits per heavy atom. The SMILES string of the molecule is CN1CC[C@@](O)(c2cccc(-c3nc(-c4ccnc(NC[C@H]5CCOC5)n4)cs3)c2)C1=O. The maximum atomic E-state index is 12.5. The van der Waals surface area contributed by atoms with Gasteiger partial charge in [-0.15, -0.1) is 11.3 Å². The number of nitrogens with one attached hydrogen (secondary N) is 1. The number of likely N-dealkylation sites (tertiary alicyclic amines) is 1. The average molecular weight is 452 g/mol. The van der Waals surface area contributed by atoms with Crippen LogP contribution in [-0.4, -0.2) is 64.2 Å². The van der Waals surface area contributed by atoms with Gasteiger partial charge in [0, 0.05) is 56.2 Å². The van der Waals surface area contributed by atoms with Crippen molar-refractivity contribution >= 4 is 23.2 Å². The molecule has 2 aliphatic heterocycles. The van der Waals surface area contributed by atoms with E-state index in [0.717, 1.165) is 48.1 Å². The average Bonchev–Trinajstić information content (AvgIpc) is 3.57. The lowest BCUT2D eigenvalue weighted by atomic mass is 9.91. The lowest BCUT2D eigenvalue weighted by Crippen LogP contribution is -2.36. The Kier molecular flexibility index (Phi) is 5.62. The molecule has 2 aliphatic rings. The first-order valence-corrected chi connectivity index (χ1v) is 11.6. The third kappa shape index (κ3) is 3.99. The number of likely N-dealkylation sites (N-methyl/N-ethyl adjacent to an activating group) is 1. The van der Waals surface area contributed by atoms with Crippen molar-refractivity contribution in [1.82, 2.24) is 19.9 Å². The first-order valence-electron chi connectivity index (χ1n) is 10.7. The Bertz CT molecular complexity index is 1130. The molecule has 2 atom stereocenters. The van der Waals surface area contributed by atoms with Crippen molar-refractivity contribution in [3.63, 3.8) is 0 Å². The molecule has 2 fully saturated rings. The summed E-state index contributed by atoms with van der Waals surface area (Å²) in [6, 6.07) is 9.29. The summed E-state index contributed by atoms with van der Waals surface area (Å²) < 4.78 is 5.42. The Hall–Kier alpha value is -2.88.